The second kappa shape index (κ2) is 5.68. The minimum atomic E-state index is 0.0710. The topological polar surface area (TPSA) is 32.3 Å². The van der Waals surface area contributed by atoms with Crippen LogP contribution in [0.1, 0.15) is 49.0 Å². The Hall–Kier alpha value is -2.13. The van der Waals surface area contributed by atoms with Crippen LogP contribution in [0.5, 0.6) is 0 Å². The SMILES string of the molecule is C[C@H]1[C@H]2C(=O)c3ccc(Nc4ccccc4)cc3[C@@]1(C)CCN2C1CC1. The van der Waals surface area contributed by atoms with Crippen LogP contribution >= 0.6 is 0 Å². The van der Waals surface area contributed by atoms with Gasteiger partial charge in [-0.25, -0.2) is 0 Å². The van der Waals surface area contributed by atoms with E-state index in [2.05, 4.69) is 54.4 Å². The summed E-state index contributed by atoms with van der Waals surface area (Å²) in [7, 11) is 0. The van der Waals surface area contributed by atoms with Gasteiger partial charge in [0.1, 0.15) is 0 Å². The molecule has 1 N–H and O–H groups in total. The van der Waals surface area contributed by atoms with Gasteiger partial charge in [0, 0.05) is 29.5 Å². The second-order valence-corrected chi connectivity index (χ2v) is 8.49. The van der Waals surface area contributed by atoms with Gasteiger partial charge in [-0.05, 0) is 66.5 Å². The Morgan fingerprint density at radius 2 is 1.85 bits per heavy atom. The third kappa shape index (κ3) is 2.34. The number of benzene rings is 2. The summed E-state index contributed by atoms with van der Waals surface area (Å²) >= 11 is 0. The van der Waals surface area contributed by atoms with Crippen molar-refractivity contribution in [2.45, 2.75) is 50.6 Å². The average molecular weight is 346 g/mol. The fourth-order valence-corrected chi connectivity index (χ4v) is 5.09. The Morgan fingerprint density at radius 1 is 1.08 bits per heavy atom. The van der Waals surface area contributed by atoms with E-state index in [4.69, 9.17) is 0 Å². The van der Waals surface area contributed by atoms with Crippen molar-refractivity contribution in [3.63, 3.8) is 0 Å². The number of likely N-dealkylation sites (tertiary alicyclic amines) is 1. The standard InChI is InChI=1S/C23H26N2O/c1-15-21-22(26)19-11-8-17(24-16-6-4-3-5-7-16)14-20(19)23(15,2)12-13-25(21)18-9-10-18/h3-8,11,14-15,18,21,24H,9-10,12-13H2,1-2H3/t15-,21-,23-/m0/s1. The van der Waals surface area contributed by atoms with E-state index in [9.17, 15) is 4.79 Å². The highest BCUT2D eigenvalue weighted by molar-refractivity contribution is 6.04. The Morgan fingerprint density at radius 3 is 2.58 bits per heavy atom. The lowest BCUT2D eigenvalue weighted by atomic mass is 9.58. The first-order chi connectivity index (χ1) is 12.6. The molecule has 0 aromatic heterocycles. The van der Waals surface area contributed by atoms with Crippen molar-refractivity contribution in [2.75, 3.05) is 11.9 Å². The van der Waals surface area contributed by atoms with Crippen molar-refractivity contribution in [1.29, 1.82) is 0 Å². The predicted octanol–water partition coefficient (Wildman–Crippen LogP) is 4.76. The Balaban J connectivity index is 1.55. The number of Topliss-reactive ketones (excluding diaryl/α,β-unsaturated/α-hetero) is 1. The van der Waals surface area contributed by atoms with E-state index in [1.165, 1.54) is 18.4 Å². The number of ketones is 1. The summed E-state index contributed by atoms with van der Waals surface area (Å²) in [5, 5.41) is 3.49. The fourth-order valence-electron chi connectivity index (χ4n) is 5.09. The lowest BCUT2D eigenvalue weighted by Gasteiger charge is -2.53. The molecule has 3 atom stereocenters. The summed E-state index contributed by atoms with van der Waals surface area (Å²) in [6, 6.07) is 17.3. The van der Waals surface area contributed by atoms with Gasteiger partial charge < -0.3 is 5.32 Å². The first kappa shape index (κ1) is 16.1. The first-order valence-electron chi connectivity index (χ1n) is 9.84. The van der Waals surface area contributed by atoms with Gasteiger partial charge in [0.15, 0.2) is 5.78 Å². The lowest BCUT2D eigenvalue weighted by Crippen LogP contribution is -2.61. The van der Waals surface area contributed by atoms with E-state index in [0.29, 0.717) is 17.7 Å². The smallest absolute Gasteiger partial charge is 0.180 e. The van der Waals surface area contributed by atoms with E-state index < -0.39 is 0 Å². The number of para-hydroxylation sites is 1. The molecule has 2 fully saturated rings. The van der Waals surface area contributed by atoms with Gasteiger partial charge in [-0.3, -0.25) is 9.69 Å². The van der Waals surface area contributed by atoms with Crippen LogP contribution in [0, 0.1) is 5.92 Å². The van der Waals surface area contributed by atoms with E-state index in [0.717, 1.165) is 29.9 Å². The average Bonchev–Trinajstić information content (AvgIpc) is 3.48. The van der Waals surface area contributed by atoms with Crippen LogP contribution in [0.4, 0.5) is 11.4 Å². The number of carbonyl (C=O) groups excluding carboxylic acids is 1. The minimum absolute atomic E-state index is 0.0710. The summed E-state index contributed by atoms with van der Waals surface area (Å²) in [6.45, 7) is 5.71. The van der Waals surface area contributed by atoms with Gasteiger partial charge in [0.25, 0.3) is 0 Å². The molecule has 3 heteroatoms. The number of hydrogen-bond acceptors (Lipinski definition) is 3. The summed E-state index contributed by atoms with van der Waals surface area (Å²) in [5.74, 6) is 0.701. The molecular weight excluding hydrogens is 320 g/mol. The number of hydrogen-bond donors (Lipinski definition) is 1. The molecule has 5 rings (SSSR count). The van der Waals surface area contributed by atoms with Crippen molar-refractivity contribution in [1.82, 2.24) is 4.90 Å². The Labute approximate surface area is 155 Å². The zero-order valence-corrected chi connectivity index (χ0v) is 15.5. The van der Waals surface area contributed by atoms with Crippen molar-refractivity contribution < 1.29 is 4.79 Å². The number of piperidine rings is 1. The van der Waals surface area contributed by atoms with Crippen molar-refractivity contribution in [2.24, 2.45) is 5.92 Å². The molecule has 1 heterocycles. The fraction of sp³-hybridized carbons (Fsp3) is 0.435. The first-order valence-corrected chi connectivity index (χ1v) is 9.84. The lowest BCUT2D eigenvalue weighted by molar-refractivity contribution is 0.0248. The predicted molar refractivity (Wildman–Crippen MR) is 105 cm³/mol. The van der Waals surface area contributed by atoms with Crippen LogP contribution in [0.15, 0.2) is 48.5 Å². The van der Waals surface area contributed by atoms with Crippen LogP contribution in [-0.2, 0) is 5.41 Å². The molecule has 0 amide bonds. The maximum Gasteiger partial charge on any atom is 0.180 e. The molecular formula is C23H26N2O. The van der Waals surface area contributed by atoms with Crippen LogP contribution in [0.2, 0.25) is 0 Å². The number of nitrogens with one attached hydrogen (secondary N) is 1. The molecule has 3 nitrogen and oxygen atoms in total. The molecule has 2 aliphatic carbocycles. The molecule has 1 aliphatic heterocycles. The van der Waals surface area contributed by atoms with E-state index in [1.54, 1.807) is 0 Å². The zero-order chi connectivity index (χ0) is 17.9. The van der Waals surface area contributed by atoms with Crippen molar-refractivity contribution in [3.8, 4) is 0 Å². The van der Waals surface area contributed by atoms with Crippen LogP contribution in [0.25, 0.3) is 0 Å². The summed E-state index contributed by atoms with van der Waals surface area (Å²) in [4.78, 5) is 15.8. The van der Waals surface area contributed by atoms with Gasteiger partial charge in [0.05, 0.1) is 6.04 Å². The monoisotopic (exact) mass is 346 g/mol. The highest BCUT2D eigenvalue weighted by Crippen LogP contribution is 2.51. The molecule has 0 spiro atoms. The molecule has 0 unspecified atom stereocenters. The number of rotatable bonds is 3. The molecule has 2 aromatic carbocycles. The molecule has 26 heavy (non-hydrogen) atoms. The molecule has 2 bridgehead atoms. The normalized spacial score (nSPS) is 30.8. The van der Waals surface area contributed by atoms with Gasteiger partial charge in [0.2, 0.25) is 0 Å². The van der Waals surface area contributed by atoms with Gasteiger partial charge in [-0.15, -0.1) is 0 Å². The third-order valence-corrected chi connectivity index (χ3v) is 6.97. The molecule has 3 aliphatic rings. The number of fused-ring (bicyclic) bond motifs is 4. The van der Waals surface area contributed by atoms with Crippen molar-refractivity contribution in [3.05, 3.63) is 59.7 Å². The minimum Gasteiger partial charge on any atom is -0.356 e. The molecule has 134 valence electrons. The molecule has 0 radical (unpaired) electrons. The molecule has 2 aromatic rings. The van der Waals surface area contributed by atoms with Crippen molar-refractivity contribution >= 4 is 17.2 Å². The van der Waals surface area contributed by atoms with E-state index in [1.807, 2.05) is 18.2 Å². The maximum atomic E-state index is 13.3. The number of anilines is 2. The largest absolute Gasteiger partial charge is 0.356 e. The van der Waals surface area contributed by atoms with Crippen LogP contribution < -0.4 is 5.32 Å². The second-order valence-electron chi connectivity index (χ2n) is 8.49. The molecule has 1 saturated heterocycles. The van der Waals surface area contributed by atoms with Gasteiger partial charge in [-0.1, -0.05) is 32.0 Å². The highest BCUT2D eigenvalue weighted by Gasteiger charge is 2.54. The zero-order valence-electron chi connectivity index (χ0n) is 15.5. The summed E-state index contributed by atoms with van der Waals surface area (Å²) in [5.41, 5.74) is 4.41. The number of nitrogens with zero attached hydrogens (tertiary/aromatic N) is 1. The van der Waals surface area contributed by atoms with E-state index >= 15 is 0 Å². The third-order valence-electron chi connectivity index (χ3n) is 6.97. The van der Waals surface area contributed by atoms with Crippen LogP contribution in [0.3, 0.4) is 0 Å². The van der Waals surface area contributed by atoms with Gasteiger partial charge >= 0.3 is 0 Å². The Kier molecular flexibility index (Phi) is 3.51. The van der Waals surface area contributed by atoms with E-state index in [-0.39, 0.29) is 11.5 Å². The summed E-state index contributed by atoms with van der Waals surface area (Å²) in [6.07, 6.45) is 3.66. The summed E-state index contributed by atoms with van der Waals surface area (Å²) < 4.78 is 0. The van der Waals surface area contributed by atoms with Gasteiger partial charge in [-0.2, -0.15) is 0 Å². The molecule has 1 saturated carbocycles. The highest BCUT2D eigenvalue weighted by atomic mass is 16.1. The quantitative estimate of drug-likeness (QED) is 0.870. The van der Waals surface area contributed by atoms with Crippen LogP contribution in [-0.4, -0.2) is 29.3 Å². The maximum absolute atomic E-state index is 13.3. The number of carbonyl (C=O) groups is 1. The Bertz CT molecular complexity index is 858.